The van der Waals surface area contributed by atoms with Gasteiger partial charge < -0.3 is 23.7 Å². The van der Waals surface area contributed by atoms with Crippen LogP contribution in [0.25, 0.3) is 11.0 Å². The molecule has 310 valence electrons. The van der Waals surface area contributed by atoms with Crippen LogP contribution in [-0.4, -0.2) is 19.9 Å². The minimum absolute atomic E-state index is 0.00971. The molecular formula is C54H63BN2O3. The van der Waals surface area contributed by atoms with Gasteiger partial charge in [0.2, 0.25) is 0 Å². The lowest BCUT2D eigenvalue weighted by Gasteiger charge is -2.45. The smallest absolute Gasteiger partial charge is 0.297 e. The highest BCUT2D eigenvalue weighted by Crippen LogP contribution is 2.53. The SMILES string of the molecule is Cc1cc(C(C)(C)C)cc(C)c1N1c2cc(C(C)(C)C)cc3c2B(c2cc(C(C)(C)C)ccc2N3c2c(C)cc3c(c2C)OCCO3)c2oc3ccc(C(C)(C)C)cc3c21. The summed E-state index contributed by atoms with van der Waals surface area (Å²) < 4.78 is 20.0. The van der Waals surface area contributed by atoms with E-state index in [0.717, 1.165) is 56.3 Å². The van der Waals surface area contributed by atoms with Gasteiger partial charge >= 0.3 is 0 Å². The summed E-state index contributed by atoms with van der Waals surface area (Å²) in [5.41, 5.74) is 21.2. The Labute approximate surface area is 359 Å². The standard InChI is InChI=1S/C54H63BN2O3/c1-30-23-36(53(11,12)13)24-31(2)46(30)57-42-29-37(54(14,15)16)28-41-45(42)55(50-48(57)38-26-34(51(5,6)7)18-20-43(38)60-50)39-27-35(52(8,9)10)17-19-40(39)56(41)47-32(3)25-44-49(33(47)4)59-22-21-58-44/h17-20,23-29H,21-22H2,1-16H3. The van der Waals surface area contributed by atoms with E-state index in [-0.39, 0.29) is 28.4 Å². The van der Waals surface area contributed by atoms with Crippen molar-refractivity contribution in [2.24, 2.45) is 0 Å². The highest BCUT2D eigenvalue weighted by Gasteiger charge is 2.48. The molecule has 0 saturated heterocycles. The molecule has 0 amide bonds. The van der Waals surface area contributed by atoms with Crippen LogP contribution in [0.5, 0.6) is 11.5 Å². The molecule has 5 nitrogen and oxygen atoms in total. The zero-order valence-corrected chi connectivity index (χ0v) is 39.0. The number of ether oxygens (including phenoxy) is 2. The topological polar surface area (TPSA) is 38.1 Å². The van der Waals surface area contributed by atoms with Gasteiger partial charge in [-0.1, -0.05) is 113 Å². The second-order valence-corrected chi connectivity index (χ2v) is 22.0. The molecule has 0 radical (unpaired) electrons. The summed E-state index contributed by atoms with van der Waals surface area (Å²) in [5.74, 6) is 1.65. The van der Waals surface area contributed by atoms with Crippen molar-refractivity contribution in [2.75, 3.05) is 23.0 Å². The summed E-state index contributed by atoms with van der Waals surface area (Å²) in [6.45, 7) is 37.8. The van der Waals surface area contributed by atoms with Crippen molar-refractivity contribution in [1.82, 2.24) is 0 Å². The molecule has 0 spiro atoms. The number of rotatable bonds is 2. The van der Waals surface area contributed by atoms with Gasteiger partial charge in [0.1, 0.15) is 18.8 Å². The first-order valence-electron chi connectivity index (χ1n) is 22.0. The Kier molecular flexibility index (Phi) is 8.87. The van der Waals surface area contributed by atoms with E-state index in [1.165, 1.54) is 61.4 Å². The summed E-state index contributed by atoms with van der Waals surface area (Å²) in [7, 11) is 0. The molecule has 4 heterocycles. The third kappa shape index (κ3) is 6.18. The van der Waals surface area contributed by atoms with Crippen LogP contribution in [0, 0.1) is 27.7 Å². The molecule has 6 heteroatoms. The minimum Gasteiger partial charge on any atom is -0.486 e. The lowest BCUT2D eigenvalue weighted by molar-refractivity contribution is 0.170. The fourth-order valence-electron chi connectivity index (χ4n) is 9.91. The van der Waals surface area contributed by atoms with Crippen LogP contribution in [0.1, 0.15) is 128 Å². The number of anilines is 6. The van der Waals surface area contributed by atoms with Gasteiger partial charge in [-0.05, 0) is 136 Å². The molecule has 0 saturated carbocycles. The van der Waals surface area contributed by atoms with Crippen molar-refractivity contribution in [3.63, 3.8) is 0 Å². The number of furan rings is 1. The Balaban J connectivity index is 1.47. The quantitative estimate of drug-likeness (QED) is 0.163. The fraction of sp³-hybridized carbons (Fsp3) is 0.407. The molecule has 0 bridgehead atoms. The summed E-state index contributed by atoms with van der Waals surface area (Å²) >= 11 is 0. The van der Waals surface area contributed by atoms with E-state index in [2.05, 4.69) is 187 Å². The first-order chi connectivity index (χ1) is 27.9. The molecule has 9 rings (SSSR count). The molecule has 3 aliphatic rings. The normalized spacial score (nSPS) is 15.0. The first-order valence-corrected chi connectivity index (χ1v) is 22.0. The van der Waals surface area contributed by atoms with E-state index in [9.17, 15) is 0 Å². The van der Waals surface area contributed by atoms with Crippen LogP contribution in [0.3, 0.4) is 0 Å². The monoisotopic (exact) mass is 798 g/mol. The van der Waals surface area contributed by atoms with Gasteiger partial charge in [-0.3, -0.25) is 0 Å². The summed E-state index contributed by atoms with van der Waals surface area (Å²) in [6, 6.07) is 26.0. The second kappa shape index (κ2) is 13.2. The van der Waals surface area contributed by atoms with E-state index in [1.807, 2.05) is 0 Å². The summed E-state index contributed by atoms with van der Waals surface area (Å²) in [5, 5.41) is 1.15. The van der Waals surface area contributed by atoms with Crippen LogP contribution < -0.4 is 35.9 Å². The largest absolute Gasteiger partial charge is 0.486 e. The van der Waals surface area contributed by atoms with E-state index in [4.69, 9.17) is 13.9 Å². The number of nitrogens with zero attached hydrogens (tertiary/aromatic N) is 2. The van der Waals surface area contributed by atoms with Gasteiger partial charge in [-0.2, -0.15) is 0 Å². The van der Waals surface area contributed by atoms with Crippen LogP contribution in [0.2, 0.25) is 0 Å². The summed E-state index contributed by atoms with van der Waals surface area (Å²) in [6.07, 6.45) is 0. The molecular weight excluding hydrogens is 735 g/mol. The first kappa shape index (κ1) is 40.3. The van der Waals surface area contributed by atoms with Gasteiger partial charge in [0.15, 0.2) is 11.5 Å². The molecule has 6 aromatic rings. The Morgan fingerprint density at radius 3 is 1.65 bits per heavy atom. The Morgan fingerprint density at radius 2 is 1.03 bits per heavy atom. The minimum atomic E-state index is -0.151. The molecule has 0 aliphatic carbocycles. The molecule has 1 aromatic heterocycles. The Morgan fingerprint density at radius 1 is 0.500 bits per heavy atom. The molecule has 5 aromatic carbocycles. The van der Waals surface area contributed by atoms with E-state index in [0.29, 0.717) is 13.2 Å². The number of aryl methyl sites for hydroxylation is 3. The van der Waals surface area contributed by atoms with Crippen molar-refractivity contribution in [3.05, 3.63) is 111 Å². The van der Waals surface area contributed by atoms with Crippen LogP contribution in [0.15, 0.2) is 71.1 Å². The van der Waals surface area contributed by atoms with E-state index >= 15 is 0 Å². The highest BCUT2D eigenvalue weighted by molar-refractivity contribution is 7.00. The zero-order valence-electron chi connectivity index (χ0n) is 39.0. The van der Waals surface area contributed by atoms with Crippen molar-refractivity contribution in [1.29, 1.82) is 0 Å². The van der Waals surface area contributed by atoms with Gasteiger partial charge in [0.25, 0.3) is 6.71 Å². The number of benzene rings is 5. The second-order valence-electron chi connectivity index (χ2n) is 22.0. The lowest BCUT2D eigenvalue weighted by atomic mass is 9.35. The van der Waals surface area contributed by atoms with Gasteiger partial charge in [-0.15, -0.1) is 0 Å². The molecule has 0 unspecified atom stereocenters. The summed E-state index contributed by atoms with van der Waals surface area (Å²) in [4.78, 5) is 5.14. The average Bonchev–Trinajstić information content (AvgIpc) is 3.53. The zero-order chi connectivity index (χ0) is 43.2. The third-order valence-corrected chi connectivity index (χ3v) is 13.3. The van der Waals surface area contributed by atoms with Crippen LogP contribution >= 0.6 is 0 Å². The number of hydrogen-bond acceptors (Lipinski definition) is 5. The van der Waals surface area contributed by atoms with Crippen molar-refractivity contribution in [3.8, 4) is 11.5 Å². The van der Waals surface area contributed by atoms with Crippen LogP contribution in [-0.2, 0) is 21.7 Å². The number of hydrogen-bond donors (Lipinski definition) is 0. The average molecular weight is 799 g/mol. The predicted molar refractivity (Wildman–Crippen MR) is 255 cm³/mol. The van der Waals surface area contributed by atoms with Gasteiger partial charge in [0.05, 0.1) is 22.7 Å². The van der Waals surface area contributed by atoms with Crippen molar-refractivity contribution < 1.29 is 13.9 Å². The van der Waals surface area contributed by atoms with Crippen LogP contribution in [0.4, 0.5) is 34.1 Å². The van der Waals surface area contributed by atoms with E-state index in [1.54, 1.807) is 0 Å². The van der Waals surface area contributed by atoms with Gasteiger partial charge in [0, 0.05) is 28.0 Å². The maximum Gasteiger partial charge on any atom is 0.297 e. The number of fused-ring (bicyclic) bond motifs is 7. The molecule has 60 heavy (non-hydrogen) atoms. The van der Waals surface area contributed by atoms with Crippen molar-refractivity contribution >= 4 is 68.4 Å². The maximum atomic E-state index is 7.36. The third-order valence-electron chi connectivity index (χ3n) is 13.3. The maximum absolute atomic E-state index is 7.36. The fourth-order valence-corrected chi connectivity index (χ4v) is 9.91. The molecule has 0 atom stereocenters. The highest BCUT2D eigenvalue weighted by atomic mass is 16.6. The lowest BCUT2D eigenvalue weighted by Crippen LogP contribution is -2.61. The predicted octanol–water partition coefficient (Wildman–Crippen LogP) is 12.7. The molecule has 0 fully saturated rings. The molecule has 3 aliphatic heterocycles. The van der Waals surface area contributed by atoms with Crippen molar-refractivity contribution in [2.45, 2.75) is 132 Å². The van der Waals surface area contributed by atoms with E-state index < -0.39 is 0 Å². The Bertz CT molecular complexity index is 2740. The van der Waals surface area contributed by atoms with Gasteiger partial charge in [-0.25, -0.2) is 0 Å². The Hall–Kier alpha value is -5.10. The molecule has 0 N–H and O–H groups in total.